The summed E-state index contributed by atoms with van der Waals surface area (Å²) >= 11 is 0. The summed E-state index contributed by atoms with van der Waals surface area (Å²) in [6.45, 7) is 8.37. The van der Waals surface area contributed by atoms with Crippen molar-refractivity contribution >= 4 is 11.0 Å². The second kappa shape index (κ2) is 8.29. The van der Waals surface area contributed by atoms with Crippen molar-refractivity contribution in [2.24, 2.45) is 5.73 Å². The summed E-state index contributed by atoms with van der Waals surface area (Å²) in [6, 6.07) is 12.5. The van der Waals surface area contributed by atoms with Crippen LogP contribution in [0.3, 0.4) is 0 Å². The molecule has 148 valence electrons. The number of ether oxygens (including phenoxy) is 1. The summed E-state index contributed by atoms with van der Waals surface area (Å²) < 4.78 is 7.95. The molecule has 0 aliphatic carbocycles. The molecular weight excluding hydrogens is 350 g/mol. The van der Waals surface area contributed by atoms with E-state index in [4.69, 9.17) is 15.6 Å². The molecule has 3 heterocycles. The van der Waals surface area contributed by atoms with Crippen LogP contribution in [0.15, 0.2) is 42.6 Å². The number of nitrogens with two attached hydrogens (primary N) is 1. The minimum Gasteiger partial charge on any atom is -0.491 e. The topological polar surface area (TPSA) is 69.2 Å². The highest BCUT2D eigenvalue weighted by atomic mass is 16.5. The third-order valence-electron chi connectivity index (χ3n) is 5.26. The highest BCUT2D eigenvalue weighted by Gasteiger charge is 2.28. The largest absolute Gasteiger partial charge is 0.491 e. The Kier molecular flexibility index (Phi) is 5.59. The summed E-state index contributed by atoms with van der Waals surface area (Å²) in [7, 11) is 0. The number of para-hydroxylation sites is 1. The molecule has 1 saturated heterocycles. The minimum atomic E-state index is 0.179. The first-order chi connectivity index (χ1) is 13.7. The SMILES string of the molecule is CC(C)Oc1ccccc1CN1CCC(c2nn(CCN)c3ncccc23)C1. The van der Waals surface area contributed by atoms with Crippen molar-refractivity contribution in [3.05, 3.63) is 53.9 Å². The lowest BCUT2D eigenvalue weighted by atomic mass is 10.0. The predicted octanol–water partition coefficient (Wildman–Crippen LogP) is 3.17. The van der Waals surface area contributed by atoms with Gasteiger partial charge in [0.05, 0.1) is 18.3 Å². The Morgan fingerprint density at radius 2 is 2.07 bits per heavy atom. The van der Waals surface area contributed by atoms with E-state index in [-0.39, 0.29) is 6.10 Å². The molecule has 1 atom stereocenters. The molecular formula is C22H29N5O. The molecule has 2 N–H and O–H groups in total. The van der Waals surface area contributed by atoms with Crippen molar-refractivity contribution in [3.63, 3.8) is 0 Å². The number of aromatic nitrogens is 3. The number of hydrogen-bond donors (Lipinski definition) is 1. The van der Waals surface area contributed by atoms with Gasteiger partial charge in [0, 0.05) is 42.7 Å². The Morgan fingerprint density at radius 3 is 2.89 bits per heavy atom. The van der Waals surface area contributed by atoms with Gasteiger partial charge < -0.3 is 10.5 Å². The van der Waals surface area contributed by atoms with Gasteiger partial charge >= 0.3 is 0 Å². The van der Waals surface area contributed by atoms with E-state index in [1.807, 2.05) is 23.0 Å². The first-order valence-electron chi connectivity index (χ1n) is 10.1. The van der Waals surface area contributed by atoms with E-state index >= 15 is 0 Å². The van der Waals surface area contributed by atoms with Crippen LogP contribution < -0.4 is 10.5 Å². The highest BCUT2D eigenvalue weighted by Crippen LogP contribution is 2.33. The zero-order chi connectivity index (χ0) is 19.5. The molecule has 6 nitrogen and oxygen atoms in total. The molecule has 0 amide bonds. The molecule has 0 saturated carbocycles. The molecule has 6 heteroatoms. The number of rotatable bonds is 7. The number of fused-ring (bicyclic) bond motifs is 1. The minimum absolute atomic E-state index is 0.179. The molecule has 1 unspecified atom stereocenters. The average molecular weight is 380 g/mol. The van der Waals surface area contributed by atoms with Crippen molar-refractivity contribution in [1.82, 2.24) is 19.7 Å². The summed E-state index contributed by atoms with van der Waals surface area (Å²) in [4.78, 5) is 7.03. The predicted molar refractivity (Wildman–Crippen MR) is 111 cm³/mol. The van der Waals surface area contributed by atoms with Crippen molar-refractivity contribution in [3.8, 4) is 5.75 Å². The molecule has 4 rings (SSSR count). The second-order valence-electron chi connectivity index (χ2n) is 7.77. The summed E-state index contributed by atoms with van der Waals surface area (Å²) in [5.41, 5.74) is 9.11. The van der Waals surface area contributed by atoms with Gasteiger partial charge in [-0.15, -0.1) is 0 Å². The quantitative estimate of drug-likeness (QED) is 0.683. The van der Waals surface area contributed by atoms with E-state index in [0.29, 0.717) is 19.0 Å². The molecule has 0 radical (unpaired) electrons. The van der Waals surface area contributed by atoms with Crippen LogP contribution in [0.1, 0.15) is 37.4 Å². The summed E-state index contributed by atoms with van der Waals surface area (Å²) in [5, 5.41) is 6.04. The van der Waals surface area contributed by atoms with E-state index in [0.717, 1.165) is 48.5 Å². The van der Waals surface area contributed by atoms with Crippen molar-refractivity contribution in [1.29, 1.82) is 0 Å². The van der Waals surface area contributed by atoms with Gasteiger partial charge in [0.1, 0.15) is 5.75 Å². The zero-order valence-corrected chi connectivity index (χ0v) is 16.7. The Hall–Kier alpha value is -2.44. The van der Waals surface area contributed by atoms with Crippen molar-refractivity contribution < 1.29 is 4.74 Å². The van der Waals surface area contributed by atoms with E-state index in [1.165, 1.54) is 5.56 Å². The number of hydrogen-bond acceptors (Lipinski definition) is 5. The lowest BCUT2D eigenvalue weighted by Gasteiger charge is -2.19. The third-order valence-corrected chi connectivity index (χ3v) is 5.26. The molecule has 2 aromatic heterocycles. The van der Waals surface area contributed by atoms with E-state index in [9.17, 15) is 0 Å². The maximum Gasteiger partial charge on any atom is 0.158 e. The van der Waals surface area contributed by atoms with Crippen LogP contribution >= 0.6 is 0 Å². The first-order valence-corrected chi connectivity index (χ1v) is 10.1. The molecule has 1 fully saturated rings. The lowest BCUT2D eigenvalue weighted by molar-refractivity contribution is 0.234. The van der Waals surface area contributed by atoms with Gasteiger partial charge in [0.2, 0.25) is 0 Å². The molecule has 1 aromatic carbocycles. The van der Waals surface area contributed by atoms with Crippen LogP contribution in [-0.2, 0) is 13.1 Å². The second-order valence-corrected chi connectivity index (χ2v) is 7.77. The monoisotopic (exact) mass is 379 g/mol. The van der Waals surface area contributed by atoms with Crippen LogP contribution in [-0.4, -0.2) is 45.4 Å². The van der Waals surface area contributed by atoms with Crippen molar-refractivity contribution in [2.75, 3.05) is 19.6 Å². The molecule has 1 aliphatic heterocycles. The molecule has 0 spiro atoms. The summed E-state index contributed by atoms with van der Waals surface area (Å²) in [5.74, 6) is 1.41. The van der Waals surface area contributed by atoms with Crippen LogP contribution in [0, 0.1) is 0 Å². The number of likely N-dealkylation sites (tertiary alicyclic amines) is 1. The van der Waals surface area contributed by atoms with Gasteiger partial charge in [-0.25, -0.2) is 9.67 Å². The van der Waals surface area contributed by atoms with Crippen LogP contribution in [0.2, 0.25) is 0 Å². The fourth-order valence-electron chi connectivity index (χ4n) is 4.06. The average Bonchev–Trinajstić information content (AvgIpc) is 3.28. The zero-order valence-electron chi connectivity index (χ0n) is 16.7. The fourth-order valence-corrected chi connectivity index (χ4v) is 4.06. The van der Waals surface area contributed by atoms with Gasteiger partial charge in [-0.05, 0) is 45.0 Å². The Labute approximate surface area is 166 Å². The number of nitrogens with zero attached hydrogens (tertiary/aromatic N) is 4. The fraction of sp³-hybridized carbons (Fsp3) is 0.455. The lowest BCUT2D eigenvalue weighted by Crippen LogP contribution is -2.21. The number of pyridine rings is 1. The van der Waals surface area contributed by atoms with Gasteiger partial charge in [0.25, 0.3) is 0 Å². The Balaban J connectivity index is 1.52. The van der Waals surface area contributed by atoms with Crippen molar-refractivity contribution in [2.45, 2.75) is 45.4 Å². The third kappa shape index (κ3) is 3.88. The Morgan fingerprint density at radius 1 is 1.21 bits per heavy atom. The molecule has 0 bridgehead atoms. The smallest absolute Gasteiger partial charge is 0.158 e. The first kappa shape index (κ1) is 18.9. The van der Waals surface area contributed by atoms with Gasteiger partial charge in [-0.3, -0.25) is 4.90 Å². The van der Waals surface area contributed by atoms with Gasteiger partial charge in [-0.2, -0.15) is 5.10 Å². The van der Waals surface area contributed by atoms with E-state index in [2.05, 4.69) is 48.0 Å². The number of benzene rings is 1. The van der Waals surface area contributed by atoms with E-state index in [1.54, 1.807) is 0 Å². The van der Waals surface area contributed by atoms with Gasteiger partial charge in [0.15, 0.2) is 5.65 Å². The molecule has 1 aliphatic rings. The van der Waals surface area contributed by atoms with E-state index < -0.39 is 0 Å². The van der Waals surface area contributed by atoms with Crippen LogP contribution in [0.5, 0.6) is 5.75 Å². The molecule has 28 heavy (non-hydrogen) atoms. The normalized spacial score (nSPS) is 17.6. The standard InChI is InChI=1S/C22H29N5O/c1-16(2)28-20-8-4-3-6-17(20)14-26-12-9-18(15-26)21-19-7-5-11-24-22(19)27(25-21)13-10-23/h3-8,11,16,18H,9-10,12-15,23H2,1-2H3. The van der Waals surface area contributed by atoms with Gasteiger partial charge in [-0.1, -0.05) is 18.2 Å². The Bertz CT molecular complexity index is 936. The molecule has 3 aromatic rings. The highest BCUT2D eigenvalue weighted by molar-refractivity contribution is 5.78. The van der Waals surface area contributed by atoms with Crippen LogP contribution in [0.4, 0.5) is 0 Å². The summed E-state index contributed by atoms with van der Waals surface area (Å²) in [6.07, 6.45) is 3.11. The van der Waals surface area contributed by atoms with Crippen LogP contribution in [0.25, 0.3) is 11.0 Å². The maximum atomic E-state index is 5.99. The maximum absolute atomic E-state index is 5.99.